The van der Waals surface area contributed by atoms with Crippen molar-refractivity contribution in [3.63, 3.8) is 0 Å². The molecule has 0 unspecified atom stereocenters. The number of aryl methyl sites for hydroxylation is 3. The number of hydrogen-bond donors (Lipinski definition) is 2. The molecule has 0 spiro atoms. The molecule has 3 aromatic heterocycles. The summed E-state index contributed by atoms with van der Waals surface area (Å²) in [6, 6.07) is 7.88. The largest absolute Gasteiger partial charge is 0.369 e. The fourth-order valence-corrected chi connectivity index (χ4v) is 3.31. The lowest BCUT2D eigenvalue weighted by Gasteiger charge is -2.04. The minimum atomic E-state index is -0.222. The van der Waals surface area contributed by atoms with Crippen LogP contribution in [0, 0.1) is 6.92 Å². The van der Waals surface area contributed by atoms with Crippen molar-refractivity contribution in [2.24, 2.45) is 7.05 Å². The third-order valence-corrected chi connectivity index (χ3v) is 4.69. The molecular weight excluding hydrogens is 342 g/mol. The van der Waals surface area contributed by atoms with Crippen molar-refractivity contribution < 1.29 is 4.79 Å². The SMILES string of the molecule is CCn1c(N)nc2cc(C(=O)NCc3nn(C)c4ccc(C)cc34)cnc21. The van der Waals surface area contributed by atoms with Crippen molar-refractivity contribution in [1.82, 2.24) is 29.6 Å². The van der Waals surface area contributed by atoms with Crippen molar-refractivity contribution in [1.29, 1.82) is 0 Å². The van der Waals surface area contributed by atoms with E-state index in [9.17, 15) is 4.79 Å². The van der Waals surface area contributed by atoms with Crippen molar-refractivity contribution >= 4 is 33.9 Å². The van der Waals surface area contributed by atoms with Gasteiger partial charge in [-0.3, -0.25) is 14.0 Å². The number of carbonyl (C=O) groups is 1. The van der Waals surface area contributed by atoms with Gasteiger partial charge in [0.25, 0.3) is 5.91 Å². The first-order chi connectivity index (χ1) is 13.0. The number of imidazole rings is 1. The molecule has 8 heteroatoms. The number of carbonyl (C=O) groups excluding carboxylic acids is 1. The zero-order chi connectivity index (χ0) is 19.1. The molecule has 0 aliphatic heterocycles. The van der Waals surface area contributed by atoms with Crippen LogP contribution in [-0.2, 0) is 20.1 Å². The van der Waals surface area contributed by atoms with Gasteiger partial charge in [0.1, 0.15) is 5.52 Å². The van der Waals surface area contributed by atoms with E-state index in [1.807, 2.05) is 37.7 Å². The fraction of sp³-hybridized carbons (Fsp3) is 0.263. The third kappa shape index (κ3) is 2.88. The Balaban J connectivity index is 1.58. The number of aromatic nitrogens is 5. The molecule has 0 atom stereocenters. The number of rotatable bonds is 4. The standard InChI is InChI=1S/C19H21N7O/c1-4-26-17-14(23-19(26)20)8-12(9-21-17)18(27)22-10-15-13-7-11(2)5-6-16(13)25(3)24-15/h5-9H,4,10H2,1-3H3,(H2,20,23)(H,22,27). The summed E-state index contributed by atoms with van der Waals surface area (Å²) in [6.45, 7) is 5.02. The first-order valence-electron chi connectivity index (χ1n) is 8.80. The highest BCUT2D eigenvalue weighted by molar-refractivity contribution is 5.96. The van der Waals surface area contributed by atoms with Gasteiger partial charge in [-0.05, 0) is 32.0 Å². The average Bonchev–Trinajstić information content (AvgIpc) is 3.14. The van der Waals surface area contributed by atoms with Gasteiger partial charge in [0, 0.05) is 25.2 Å². The molecule has 4 aromatic rings. The Bertz CT molecular complexity index is 1170. The second kappa shape index (κ2) is 6.39. The topological polar surface area (TPSA) is 104 Å². The lowest BCUT2D eigenvalue weighted by Crippen LogP contribution is -2.23. The number of nitrogen functional groups attached to an aromatic ring is 1. The molecule has 0 fully saturated rings. The smallest absolute Gasteiger partial charge is 0.253 e. The summed E-state index contributed by atoms with van der Waals surface area (Å²) in [7, 11) is 1.90. The molecule has 138 valence electrons. The van der Waals surface area contributed by atoms with E-state index in [4.69, 9.17) is 5.73 Å². The molecule has 0 saturated carbocycles. The highest BCUT2D eigenvalue weighted by Crippen LogP contribution is 2.20. The quantitative estimate of drug-likeness (QED) is 0.578. The van der Waals surface area contributed by atoms with Crippen LogP contribution >= 0.6 is 0 Å². The van der Waals surface area contributed by atoms with Crippen LogP contribution in [-0.4, -0.2) is 30.2 Å². The monoisotopic (exact) mass is 363 g/mol. The van der Waals surface area contributed by atoms with Crippen LogP contribution in [0.4, 0.5) is 5.95 Å². The Morgan fingerprint density at radius 3 is 2.89 bits per heavy atom. The van der Waals surface area contributed by atoms with Crippen LogP contribution in [0.2, 0.25) is 0 Å². The number of nitrogens with one attached hydrogen (secondary N) is 1. The molecule has 3 N–H and O–H groups in total. The number of benzene rings is 1. The Morgan fingerprint density at radius 2 is 2.11 bits per heavy atom. The van der Waals surface area contributed by atoms with Gasteiger partial charge in [-0.2, -0.15) is 5.10 Å². The summed E-state index contributed by atoms with van der Waals surface area (Å²) in [5, 5.41) is 8.49. The van der Waals surface area contributed by atoms with Gasteiger partial charge in [0.2, 0.25) is 5.95 Å². The minimum Gasteiger partial charge on any atom is -0.369 e. The highest BCUT2D eigenvalue weighted by Gasteiger charge is 2.14. The average molecular weight is 363 g/mol. The van der Waals surface area contributed by atoms with E-state index in [-0.39, 0.29) is 5.91 Å². The maximum atomic E-state index is 12.6. The summed E-state index contributed by atoms with van der Waals surface area (Å²) in [4.78, 5) is 21.2. The Labute approximate surface area is 156 Å². The molecule has 3 heterocycles. The van der Waals surface area contributed by atoms with Crippen molar-refractivity contribution in [3.05, 3.63) is 47.3 Å². The Hall–Kier alpha value is -3.42. The van der Waals surface area contributed by atoms with Gasteiger partial charge in [-0.1, -0.05) is 11.6 Å². The summed E-state index contributed by atoms with van der Waals surface area (Å²) in [5.41, 5.74) is 10.6. The normalized spacial score (nSPS) is 11.4. The zero-order valence-corrected chi connectivity index (χ0v) is 15.5. The van der Waals surface area contributed by atoms with Crippen molar-refractivity contribution in [2.45, 2.75) is 26.9 Å². The predicted octanol–water partition coefficient (Wildman–Crippen LogP) is 2.16. The van der Waals surface area contributed by atoms with E-state index in [0.717, 1.165) is 22.2 Å². The molecule has 1 amide bonds. The van der Waals surface area contributed by atoms with Crippen LogP contribution < -0.4 is 11.1 Å². The molecule has 27 heavy (non-hydrogen) atoms. The Kier molecular flexibility index (Phi) is 4.02. The molecule has 1 aromatic carbocycles. The van der Waals surface area contributed by atoms with Gasteiger partial charge >= 0.3 is 0 Å². The van der Waals surface area contributed by atoms with E-state index >= 15 is 0 Å². The molecule has 8 nitrogen and oxygen atoms in total. The first-order valence-corrected chi connectivity index (χ1v) is 8.80. The first kappa shape index (κ1) is 17.0. The summed E-state index contributed by atoms with van der Waals surface area (Å²) in [5.74, 6) is 0.174. The summed E-state index contributed by atoms with van der Waals surface area (Å²) in [6.07, 6.45) is 1.55. The number of nitrogens with two attached hydrogens (primary N) is 1. The van der Waals surface area contributed by atoms with E-state index < -0.39 is 0 Å². The summed E-state index contributed by atoms with van der Waals surface area (Å²) < 4.78 is 3.63. The molecule has 0 saturated heterocycles. The fourth-order valence-electron chi connectivity index (χ4n) is 3.31. The number of anilines is 1. The number of fused-ring (bicyclic) bond motifs is 2. The minimum absolute atomic E-state index is 0.222. The lowest BCUT2D eigenvalue weighted by atomic mass is 10.1. The maximum Gasteiger partial charge on any atom is 0.253 e. The molecule has 0 bridgehead atoms. The van der Waals surface area contributed by atoms with Crippen LogP contribution in [0.25, 0.3) is 22.1 Å². The van der Waals surface area contributed by atoms with Crippen LogP contribution in [0.1, 0.15) is 28.5 Å². The molecular formula is C19H21N7O. The van der Waals surface area contributed by atoms with Gasteiger partial charge in [0.05, 0.1) is 23.3 Å². The molecule has 0 radical (unpaired) electrons. The van der Waals surface area contributed by atoms with Crippen LogP contribution in [0.5, 0.6) is 0 Å². The second-order valence-electron chi connectivity index (χ2n) is 6.55. The maximum absolute atomic E-state index is 12.6. The lowest BCUT2D eigenvalue weighted by molar-refractivity contribution is 0.0950. The zero-order valence-electron chi connectivity index (χ0n) is 15.5. The van der Waals surface area contributed by atoms with Gasteiger partial charge in [-0.15, -0.1) is 0 Å². The number of pyridine rings is 1. The van der Waals surface area contributed by atoms with E-state index in [0.29, 0.717) is 35.8 Å². The number of nitrogens with zero attached hydrogens (tertiary/aromatic N) is 5. The predicted molar refractivity (Wildman–Crippen MR) is 104 cm³/mol. The second-order valence-corrected chi connectivity index (χ2v) is 6.55. The van der Waals surface area contributed by atoms with Crippen molar-refractivity contribution in [2.75, 3.05) is 5.73 Å². The van der Waals surface area contributed by atoms with Gasteiger partial charge in [-0.25, -0.2) is 9.97 Å². The molecule has 4 rings (SSSR count). The van der Waals surface area contributed by atoms with Crippen LogP contribution in [0.3, 0.4) is 0 Å². The molecule has 0 aliphatic carbocycles. The van der Waals surface area contributed by atoms with E-state index in [1.165, 1.54) is 0 Å². The molecule has 0 aliphatic rings. The van der Waals surface area contributed by atoms with Crippen LogP contribution in [0.15, 0.2) is 30.5 Å². The summed E-state index contributed by atoms with van der Waals surface area (Å²) >= 11 is 0. The highest BCUT2D eigenvalue weighted by atomic mass is 16.1. The Morgan fingerprint density at radius 1 is 1.30 bits per heavy atom. The van der Waals surface area contributed by atoms with Crippen molar-refractivity contribution in [3.8, 4) is 0 Å². The number of amides is 1. The number of hydrogen-bond acceptors (Lipinski definition) is 5. The van der Waals surface area contributed by atoms with E-state index in [1.54, 1.807) is 16.8 Å². The van der Waals surface area contributed by atoms with Gasteiger partial charge < -0.3 is 11.1 Å². The van der Waals surface area contributed by atoms with Gasteiger partial charge in [0.15, 0.2) is 5.65 Å². The van der Waals surface area contributed by atoms with E-state index in [2.05, 4.69) is 26.4 Å². The third-order valence-electron chi connectivity index (χ3n) is 4.69.